The number of likely N-dealkylation sites (N-methyl/N-ethyl adjacent to an activating group) is 1. The van der Waals surface area contributed by atoms with E-state index in [2.05, 4.69) is 27.1 Å². The normalized spacial score (nSPS) is 10.8. The van der Waals surface area contributed by atoms with Crippen LogP contribution in [0.25, 0.3) is 0 Å². The molecule has 1 aromatic heterocycles. The van der Waals surface area contributed by atoms with Gasteiger partial charge in [0.15, 0.2) is 5.96 Å². The van der Waals surface area contributed by atoms with Gasteiger partial charge >= 0.3 is 0 Å². The monoisotopic (exact) mass is 506 g/mol. The van der Waals surface area contributed by atoms with Crippen LogP contribution in [0.5, 0.6) is 0 Å². The van der Waals surface area contributed by atoms with Gasteiger partial charge in [-0.1, -0.05) is 29.8 Å². The summed E-state index contributed by atoms with van der Waals surface area (Å²) in [5, 5.41) is 9.14. The van der Waals surface area contributed by atoms with Crippen LogP contribution in [0, 0.1) is 0 Å². The van der Waals surface area contributed by atoms with Gasteiger partial charge in [0.1, 0.15) is 0 Å². The molecular formula is C18H24ClIN4OS. The first-order valence-electron chi connectivity index (χ1n) is 8.04. The first-order valence-corrected chi connectivity index (χ1v) is 9.29. The van der Waals surface area contributed by atoms with Gasteiger partial charge in [0.05, 0.1) is 13.1 Å². The third-order valence-electron chi connectivity index (χ3n) is 3.48. The smallest absolute Gasteiger partial charge is 0.241 e. The van der Waals surface area contributed by atoms with Crippen molar-refractivity contribution in [2.45, 2.75) is 13.0 Å². The van der Waals surface area contributed by atoms with Crippen molar-refractivity contribution in [3.63, 3.8) is 0 Å². The van der Waals surface area contributed by atoms with Crippen molar-refractivity contribution in [1.29, 1.82) is 0 Å². The molecular weight excluding hydrogens is 483 g/mol. The Morgan fingerprint density at radius 1 is 1.19 bits per heavy atom. The molecule has 5 nitrogen and oxygen atoms in total. The maximum absolute atomic E-state index is 11.8. The zero-order chi connectivity index (χ0) is 18.1. The van der Waals surface area contributed by atoms with Gasteiger partial charge in [0.25, 0.3) is 0 Å². The van der Waals surface area contributed by atoms with E-state index < -0.39 is 0 Å². The number of nitrogens with zero attached hydrogens (tertiary/aromatic N) is 2. The fraction of sp³-hybridized carbons (Fsp3) is 0.333. The molecule has 0 atom stereocenters. The van der Waals surface area contributed by atoms with Crippen molar-refractivity contribution < 1.29 is 4.79 Å². The highest BCUT2D eigenvalue weighted by molar-refractivity contribution is 14.0. The lowest BCUT2D eigenvalue weighted by molar-refractivity contribution is -0.127. The SMILES string of the molecule is CN(C)C(=O)CNC(=NCc1ccc(Cl)cc1)NCCc1cccs1.I. The lowest BCUT2D eigenvalue weighted by atomic mass is 10.2. The fourth-order valence-corrected chi connectivity index (χ4v) is 2.85. The first kappa shape index (κ1) is 22.7. The number of carbonyl (C=O) groups is 1. The molecule has 0 fully saturated rings. The molecule has 0 bridgehead atoms. The molecule has 2 N–H and O–H groups in total. The van der Waals surface area contributed by atoms with Crippen molar-refractivity contribution >= 4 is 58.8 Å². The van der Waals surface area contributed by atoms with E-state index in [1.807, 2.05) is 30.3 Å². The summed E-state index contributed by atoms with van der Waals surface area (Å²) in [6, 6.07) is 11.7. The van der Waals surface area contributed by atoms with Gasteiger partial charge in [-0.05, 0) is 35.6 Å². The second-order valence-electron chi connectivity index (χ2n) is 5.69. The molecule has 2 aromatic rings. The quantitative estimate of drug-likeness (QED) is 0.344. The largest absolute Gasteiger partial charge is 0.356 e. The molecule has 26 heavy (non-hydrogen) atoms. The average Bonchev–Trinajstić information content (AvgIpc) is 3.11. The highest BCUT2D eigenvalue weighted by Gasteiger charge is 2.06. The lowest BCUT2D eigenvalue weighted by Gasteiger charge is -2.15. The minimum absolute atomic E-state index is 0. The zero-order valence-electron chi connectivity index (χ0n) is 14.9. The van der Waals surface area contributed by atoms with Gasteiger partial charge in [-0.2, -0.15) is 0 Å². The number of hydrogen-bond donors (Lipinski definition) is 2. The van der Waals surface area contributed by atoms with E-state index in [-0.39, 0.29) is 36.4 Å². The molecule has 142 valence electrons. The van der Waals surface area contributed by atoms with Crippen molar-refractivity contribution in [1.82, 2.24) is 15.5 Å². The van der Waals surface area contributed by atoms with Gasteiger partial charge in [-0.15, -0.1) is 35.3 Å². The summed E-state index contributed by atoms with van der Waals surface area (Å²) in [5.74, 6) is 0.626. The Morgan fingerprint density at radius 3 is 2.54 bits per heavy atom. The topological polar surface area (TPSA) is 56.7 Å². The molecule has 0 unspecified atom stereocenters. The number of amides is 1. The number of benzene rings is 1. The number of guanidine groups is 1. The summed E-state index contributed by atoms with van der Waals surface area (Å²) in [5.41, 5.74) is 1.06. The first-order chi connectivity index (χ1) is 12.0. The van der Waals surface area contributed by atoms with Crippen LogP contribution in [0.15, 0.2) is 46.8 Å². The Balaban J connectivity index is 0.00000338. The van der Waals surface area contributed by atoms with Crippen LogP contribution in [0.2, 0.25) is 5.02 Å². The van der Waals surface area contributed by atoms with Crippen LogP contribution in [-0.2, 0) is 17.8 Å². The molecule has 1 heterocycles. The molecule has 0 spiro atoms. The maximum Gasteiger partial charge on any atom is 0.241 e. The molecule has 0 saturated carbocycles. The summed E-state index contributed by atoms with van der Waals surface area (Å²) in [6.07, 6.45) is 0.918. The highest BCUT2D eigenvalue weighted by atomic mass is 127. The van der Waals surface area contributed by atoms with Crippen LogP contribution in [0.1, 0.15) is 10.4 Å². The van der Waals surface area contributed by atoms with Crippen molar-refractivity contribution in [3.05, 3.63) is 57.2 Å². The second-order valence-corrected chi connectivity index (χ2v) is 7.16. The number of thiophene rings is 1. The van der Waals surface area contributed by atoms with Gasteiger partial charge in [0.2, 0.25) is 5.91 Å². The van der Waals surface area contributed by atoms with Gasteiger partial charge < -0.3 is 15.5 Å². The average molecular weight is 507 g/mol. The van der Waals surface area contributed by atoms with Crippen molar-refractivity contribution in [3.8, 4) is 0 Å². The summed E-state index contributed by atoms with van der Waals surface area (Å²) in [4.78, 5) is 19.2. The van der Waals surface area contributed by atoms with Crippen molar-refractivity contribution in [2.75, 3.05) is 27.2 Å². The van der Waals surface area contributed by atoms with E-state index in [1.54, 1.807) is 30.3 Å². The van der Waals surface area contributed by atoms with E-state index >= 15 is 0 Å². The Hall–Kier alpha value is -1.32. The van der Waals surface area contributed by atoms with Crippen molar-refractivity contribution in [2.24, 2.45) is 4.99 Å². The fourth-order valence-electron chi connectivity index (χ4n) is 2.01. The summed E-state index contributed by atoms with van der Waals surface area (Å²) >= 11 is 7.64. The molecule has 8 heteroatoms. The second kappa shape index (κ2) is 12.1. The Morgan fingerprint density at radius 2 is 1.92 bits per heavy atom. The van der Waals surface area contributed by atoms with Gasteiger partial charge in [-0.3, -0.25) is 4.79 Å². The zero-order valence-corrected chi connectivity index (χ0v) is 18.8. The van der Waals surface area contributed by atoms with E-state index in [9.17, 15) is 4.79 Å². The third-order valence-corrected chi connectivity index (χ3v) is 4.67. The molecule has 0 aliphatic heterocycles. The van der Waals surface area contributed by atoms with E-state index in [0.717, 1.165) is 18.5 Å². The summed E-state index contributed by atoms with van der Waals surface area (Å²) in [7, 11) is 3.47. The molecule has 2 rings (SSSR count). The van der Waals surface area contributed by atoms with Crippen LogP contribution in [0.3, 0.4) is 0 Å². The van der Waals surface area contributed by atoms with E-state index in [1.165, 1.54) is 4.88 Å². The summed E-state index contributed by atoms with van der Waals surface area (Å²) in [6.45, 7) is 1.48. The standard InChI is InChI=1S/C18H23ClN4OS.HI/c1-23(2)17(24)13-22-18(20-10-9-16-4-3-11-25-16)21-12-14-5-7-15(19)8-6-14;/h3-8,11H,9-10,12-13H2,1-2H3,(H2,20,21,22);1H. The number of halogens is 2. The predicted molar refractivity (Wildman–Crippen MR) is 121 cm³/mol. The van der Waals surface area contributed by atoms with Crippen LogP contribution >= 0.6 is 46.9 Å². The number of carbonyl (C=O) groups excluding carboxylic acids is 1. The minimum Gasteiger partial charge on any atom is -0.356 e. The predicted octanol–water partition coefficient (Wildman–Crippen LogP) is 3.39. The van der Waals surface area contributed by atoms with Gasteiger partial charge in [0, 0.05) is 30.5 Å². The maximum atomic E-state index is 11.8. The van der Waals surface area contributed by atoms with Crippen LogP contribution < -0.4 is 10.6 Å². The molecule has 0 aliphatic carbocycles. The number of nitrogens with one attached hydrogen (secondary N) is 2. The van der Waals surface area contributed by atoms with E-state index in [0.29, 0.717) is 17.5 Å². The Labute approximate surface area is 180 Å². The molecule has 1 amide bonds. The lowest BCUT2D eigenvalue weighted by Crippen LogP contribution is -2.43. The third kappa shape index (κ3) is 8.37. The number of aliphatic imine (C=N–C) groups is 1. The number of rotatable bonds is 7. The van der Waals surface area contributed by atoms with Crippen LogP contribution in [-0.4, -0.2) is 44.0 Å². The molecule has 1 aromatic carbocycles. The van der Waals surface area contributed by atoms with Crippen LogP contribution in [0.4, 0.5) is 0 Å². The van der Waals surface area contributed by atoms with E-state index in [4.69, 9.17) is 11.6 Å². The Bertz CT molecular complexity index is 690. The molecule has 0 radical (unpaired) electrons. The Kier molecular flexibility index (Phi) is 10.6. The number of hydrogen-bond acceptors (Lipinski definition) is 3. The molecule has 0 saturated heterocycles. The highest BCUT2D eigenvalue weighted by Crippen LogP contribution is 2.10. The summed E-state index contributed by atoms with van der Waals surface area (Å²) < 4.78 is 0. The van der Waals surface area contributed by atoms with Gasteiger partial charge in [-0.25, -0.2) is 4.99 Å². The minimum atomic E-state index is -0.000695. The molecule has 0 aliphatic rings.